The lowest BCUT2D eigenvalue weighted by molar-refractivity contribution is -0.168. The third-order valence-electron chi connectivity index (χ3n) is 6.98. The standard InChI is InChI=1S/C19H32N2O3/c1-15(2)10-12(11-16(3,4)21-15)20-13(22)19-9-8-18(7,14(23)24-19)17(19,5)6/h12,21H,8-11H2,1-7H3,(H,20,22)/t18-,19+/m1/s1. The van der Waals surface area contributed by atoms with E-state index < -0.39 is 16.4 Å². The van der Waals surface area contributed by atoms with Gasteiger partial charge in [-0.1, -0.05) is 13.8 Å². The molecule has 5 nitrogen and oxygen atoms in total. The van der Waals surface area contributed by atoms with Crippen molar-refractivity contribution in [3.63, 3.8) is 0 Å². The van der Waals surface area contributed by atoms with E-state index in [-0.39, 0.29) is 29.0 Å². The second-order valence-electron chi connectivity index (χ2n) is 10.1. The van der Waals surface area contributed by atoms with Gasteiger partial charge in [0.05, 0.1) is 5.41 Å². The van der Waals surface area contributed by atoms with Gasteiger partial charge in [0.25, 0.3) is 5.91 Å². The summed E-state index contributed by atoms with van der Waals surface area (Å²) in [4.78, 5) is 25.6. The molecular formula is C19H32N2O3. The molecule has 3 fully saturated rings. The second-order valence-corrected chi connectivity index (χ2v) is 10.1. The fourth-order valence-electron chi connectivity index (χ4n) is 5.47. The van der Waals surface area contributed by atoms with Crippen LogP contribution in [0.5, 0.6) is 0 Å². The predicted molar refractivity (Wildman–Crippen MR) is 92.4 cm³/mol. The Balaban J connectivity index is 1.82. The zero-order valence-electron chi connectivity index (χ0n) is 16.1. The second kappa shape index (κ2) is 4.75. The van der Waals surface area contributed by atoms with Crippen molar-refractivity contribution >= 4 is 11.9 Å². The number of carbonyl (C=O) groups is 2. The molecule has 0 unspecified atom stereocenters. The molecule has 2 saturated heterocycles. The first-order valence-electron chi connectivity index (χ1n) is 9.09. The van der Waals surface area contributed by atoms with Gasteiger partial charge in [0.15, 0.2) is 5.60 Å². The number of amides is 1. The van der Waals surface area contributed by atoms with Gasteiger partial charge in [-0.15, -0.1) is 0 Å². The minimum Gasteiger partial charge on any atom is -0.448 e. The van der Waals surface area contributed by atoms with Crippen LogP contribution in [0.3, 0.4) is 0 Å². The Bertz CT molecular complexity index is 579. The molecule has 1 amide bonds. The van der Waals surface area contributed by atoms with Crippen LogP contribution in [0.4, 0.5) is 0 Å². The molecule has 0 aromatic rings. The van der Waals surface area contributed by atoms with E-state index in [0.29, 0.717) is 6.42 Å². The van der Waals surface area contributed by atoms with E-state index >= 15 is 0 Å². The summed E-state index contributed by atoms with van der Waals surface area (Å²) in [6, 6.07) is 0.0834. The Kier molecular flexibility index (Phi) is 3.50. The summed E-state index contributed by atoms with van der Waals surface area (Å²) in [7, 11) is 0. The average molecular weight is 336 g/mol. The van der Waals surface area contributed by atoms with E-state index in [0.717, 1.165) is 19.3 Å². The van der Waals surface area contributed by atoms with Gasteiger partial charge >= 0.3 is 5.97 Å². The van der Waals surface area contributed by atoms with Crippen LogP contribution in [0.1, 0.15) is 74.1 Å². The van der Waals surface area contributed by atoms with Crippen LogP contribution >= 0.6 is 0 Å². The first-order valence-corrected chi connectivity index (χ1v) is 9.09. The third kappa shape index (κ3) is 2.23. The zero-order valence-corrected chi connectivity index (χ0v) is 16.1. The molecule has 24 heavy (non-hydrogen) atoms. The zero-order chi connectivity index (χ0) is 18.2. The summed E-state index contributed by atoms with van der Waals surface area (Å²) in [5.74, 6) is -0.333. The molecule has 3 rings (SSSR count). The summed E-state index contributed by atoms with van der Waals surface area (Å²) in [5.41, 5.74) is -2.14. The summed E-state index contributed by atoms with van der Waals surface area (Å²) < 4.78 is 5.71. The topological polar surface area (TPSA) is 67.4 Å². The largest absolute Gasteiger partial charge is 0.448 e. The van der Waals surface area contributed by atoms with Crippen molar-refractivity contribution < 1.29 is 14.3 Å². The number of ether oxygens (including phenoxy) is 1. The first kappa shape index (κ1) is 17.7. The van der Waals surface area contributed by atoms with Crippen molar-refractivity contribution in [1.29, 1.82) is 0 Å². The molecule has 2 bridgehead atoms. The van der Waals surface area contributed by atoms with Crippen molar-refractivity contribution in [2.24, 2.45) is 10.8 Å². The number of piperidine rings is 1. The molecular weight excluding hydrogens is 304 g/mol. The summed E-state index contributed by atoms with van der Waals surface area (Å²) >= 11 is 0. The Labute approximate surface area is 145 Å². The van der Waals surface area contributed by atoms with Crippen LogP contribution in [0.2, 0.25) is 0 Å². The van der Waals surface area contributed by atoms with E-state index in [9.17, 15) is 9.59 Å². The molecule has 5 heteroatoms. The molecule has 0 aromatic carbocycles. The van der Waals surface area contributed by atoms with Gasteiger partial charge in [0.1, 0.15) is 0 Å². The maximum absolute atomic E-state index is 13.2. The SMILES string of the molecule is CC1(C)CC(NC(=O)[C@]23CC[C@](C)(C(=O)O2)C3(C)C)CC(C)(C)N1. The molecule has 0 radical (unpaired) electrons. The quantitative estimate of drug-likeness (QED) is 0.761. The van der Waals surface area contributed by atoms with E-state index in [1.165, 1.54) is 0 Å². The lowest BCUT2D eigenvalue weighted by atomic mass is 9.66. The lowest BCUT2D eigenvalue weighted by Gasteiger charge is -2.47. The monoisotopic (exact) mass is 336 g/mol. The van der Waals surface area contributed by atoms with Gasteiger partial charge in [-0.05, 0) is 60.3 Å². The van der Waals surface area contributed by atoms with Crippen molar-refractivity contribution in [2.75, 3.05) is 0 Å². The molecule has 2 N–H and O–H groups in total. The molecule has 136 valence electrons. The Morgan fingerprint density at radius 3 is 2.00 bits per heavy atom. The number of fused-ring (bicyclic) bond motifs is 2. The van der Waals surface area contributed by atoms with Gasteiger partial charge in [0.2, 0.25) is 0 Å². The van der Waals surface area contributed by atoms with Gasteiger partial charge in [0, 0.05) is 22.5 Å². The highest BCUT2D eigenvalue weighted by Crippen LogP contribution is 2.65. The minimum atomic E-state index is -1.02. The van der Waals surface area contributed by atoms with Crippen LogP contribution in [0.25, 0.3) is 0 Å². The van der Waals surface area contributed by atoms with Crippen LogP contribution < -0.4 is 10.6 Å². The molecule has 2 aliphatic heterocycles. The number of hydrogen-bond acceptors (Lipinski definition) is 4. The maximum atomic E-state index is 13.2. The normalized spacial score (nSPS) is 39.5. The minimum absolute atomic E-state index is 0.0383. The molecule has 2 atom stereocenters. The molecule has 1 aliphatic carbocycles. The smallest absolute Gasteiger partial charge is 0.313 e. The van der Waals surface area contributed by atoms with Gasteiger partial charge in [-0.25, -0.2) is 0 Å². The van der Waals surface area contributed by atoms with Crippen LogP contribution in [0, 0.1) is 10.8 Å². The predicted octanol–water partition coefficient (Wildman–Crippen LogP) is 2.53. The number of esters is 1. The van der Waals surface area contributed by atoms with Gasteiger partial charge < -0.3 is 15.4 Å². The first-order chi connectivity index (χ1) is 10.7. The maximum Gasteiger partial charge on any atom is 0.313 e. The molecule has 1 saturated carbocycles. The van der Waals surface area contributed by atoms with E-state index in [1.54, 1.807) is 0 Å². The van der Waals surface area contributed by atoms with Crippen molar-refractivity contribution in [3.05, 3.63) is 0 Å². The van der Waals surface area contributed by atoms with Gasteiger partial charge in [-0.2, -0.15) is 0 Å². The fourth-order valence-corrected chi connectivity index (χ4v) is 5.47. The van der Waals surface area contributed by atoms with Crippen molar-refractivity contribution in [2.45, 2.75) is 96.9 Å². The summed E-state index contributed by atoms with van der Waals surface area (Å²) in [6.07, 6.45) is 3.06. The number of rotatable bonds is 2. The highest BCUT2D eigenvalue weighted by atomic mass is 16.6. The number of hydrogen-bond donors (Lipinski definition) is 2. The summed E-state index contributed by atoms with van der Waals surface area (Å²) in [5, 5.41) is 6.86. The fraction of sp³-hybridized carbons (Fsp3) is 0.895. The molecule has 3 aliphatic rings. The molecule has 0 aromatic heterocycles. The van der Waals surface area contributed by atoms with Crippen molar-refractivity contribution in [3.8, 4) is 0 Å². The number of carbonyl (C=O) groups excluding carboxylic acids is 2. The Morgan fingerprint density at radius 2 is 1.58 bits per heavy atom. The third-order valence-corrected chi connectivity index (χ3v) is 6.98. The van der Waals surface area contributed by atoms with Crippen LogP contribution in [-0.2, 0) is 14.3 Å². The van der Waals surface area contributed by atoms with Crippen LogP contribution in [-0.4, -0.2) is 34.6 Å². The Hall–Kier alpha value is -1.10. The lowest BCUT2D eigenvalue weighted by Crippen LogP contribution is -2.64. The Morgan fingerprint density at radius 1 is 1.04 bits per heavy atom. The molecule has 0 spiro atoms. The number of nitrogens with one attached hydrogen (secondary N) is 2. The van der Waals surface area contributed by atoms with E-state index in [4.69, 9.17) is 4.74 Å². The summed E-state index contributed by atoms with van der Waals surface area (Å²) in [6.45, 7) is 14.6. The van der Waals surface area contributed by atoms with E-state index in [2.05, 4.69) is 38.3 Å². The highest BCUT2D eigenvalue weighted by molar-refractivity contribution is 5.96. The van der Waals surface area contributed by atoms with Gasteiger partial charge in [-0.3, -0.25) is 9.59 Å². The molecule has 2 heterocycles. The van der Waals surface area contributed by atoms with Crippen LogP contribution in [0.15, 0.2) is 0 Å². The highest BCUT2D eigenvalue weighted by Gasteiger charge is 2.75. The van der Waals surface area contributed by atoms with Crippen molar-refractivity contribution in [1.82, 2.24) is 10.6 Å². The average Bonchev–Trinajstić information content (AvgIpc) is 2.65. The van der Waals surface area contributed by atoms with E-state index in [1.807, 2.05) is 20.8 Å².